The van der Waals surface area contributed by atoms with Gasteiger partial charge < -0.3 is 9.15 Å². The molecule has 2 aromatic carbocycles. The van der Waals surface area contributed by atoms with E-state index in [-0.39, 0.29) is 34.3 Å². The van der Waals surface area contributed by atoms with Gasteiger partial charge >= 0.3 is 5.97 Å². The molecule has 1 saturated heterocycles. The van der Waals surface area contributed by atoms with Gasteiger partial charge in [0.1, 0.15) is 23.7 Å². The van der Waals surface area contributed by atoms with Crippen LogP contribution in [0.15, 0.2) is 69.1 Å². The summed E-state index contributed by atoms with van der Waals surface area (Å²) < 4.78 is 11.8. The van der Waals surface area contributed by atoms with Gasteiger partial charge in [0.05, 0.1) is 10.5 Å². The molecule has 0 aliphatic carbocycles. The minimum Gasteiger partial charge on any atom is -0.457 e. The Morgan fingerprint density at radius 3 is 2.43 bits per heavy atom. The zero-order chi connectivity index (χ0) is 25.1. The first-order valence-corrected chi connectivity index (χ1v) is 11.1. The number of nitrogens with zero attached hydrogens (tertiary/aromatic N) is 1. The lowest BCUT2D eigenvalue weighted by Crippen LogP contribution is -2.51. The number of non-ortho nitro benzene ring substituents is 1. The largest absolute Gasteiger partial charge is 0.457 e. The van der Waals surface area contributed by atoms with E-state index in [1.807, 2.05) is 0 Å². The van der Waals surface area contributed by atoms with Gasteiger partial charge in [0, 0.05) is 22.2 Å². The molecule has 1 aliphatic heterocycles. The second-order valence-corrected chi connectivity index (χ2v) is 8.51. The highest BCUT2D eigenvalue weighted by Crippen LogP contribution is 2.30. The number of rotatable bonds is 6. The van der Waals surface area contributed by atoms with E-state index in [4.69, 9.17) is 21.4 Å². The maximum atomic E-state index is 12.9. The van der Waals surface area contributed by atoms with Crippen molar-refractivity contribution in [1.82, 2.24) is 10.6 Å². The van der Waals surface area contributed by atoms with Crippen LogP contribution in [-0.2, 0) is 20.9 Å². The number of halogens is 1. The quantitative estimate of drug-likeness (QED) is 0.116. The summed E-state index contributed by atoms with van der Waals surface area (Å²) in [6.45, 7) is -0.0929. The van der Waals surface area contributed by atoms with Crippen molar-refractivity contribution in [2.24, 2.45) is 0 Å². The SMILES string of the molecule is O=C1NC(=S)NC(=O)C1=Cc1ccc(-c2ccc(Br)cc2C(=O)OCc2ccc([N+](=O)[O-])cc2)o1. The van der Waals surface area contributed by atoms with E-state index >= 15 is 0 Å². The molecule has 0 radical (unpaired) electrons. The first-order chi connectivity index (χ1) is 16.7. The second kappa shape index (κ2) is 9.99. The minimum atomic E-state index is -0.657. The van der Waals surface area contributed by atoms with Crippen LogP contribution in [0.25, 0.3) is 17.4 Å². The van der Waals surface area contributed by atoms with Gasteiger partial charge in [0.2, 0.25) is 0 Å². The minimum absolute atomic E-state index is 0.0659. The van der Waals surface area contributed by atoms with Crippen molar-refractivity contribution in [3.05, 3.63) is 91.6 Å². The molecule has 4 rings (SSSR count). The molecule has 2 N–H and O–H groups in total. The topological polar surface area (TPSA) is 141 Å². The Bertz CT molecular complexity index is 1390. The van der Waals surface area contributed by atoms with Crippen molar-refractivity contribution in [1.29, 1.82) is 0 Å². The molecule has 0 unspecified atom stereocenters. The number of carbonyl (C=O) groups excluding carboxylic acids is 3. The Hall–Kier alpha value is -4.16. The van der Waals surface area contributed by atoms with Gasteiger partial charge in [-0.05, 0) is 66.3 Å². The number of hydrogen-bond acceptors (Lipinski definition) is 8. The fourth-order valence-electron chi connectivity index (χ4n) is 3.16. The summed E-state index contributed by atoms with van der Waals surface area (Å²) in [6.07, 6.45) is 1.27. The van der Waals surface area contributed by atoms with Gasteiger partial charge in [-0.2, -0.15) is 0 Å². The molecule has 1 fully saturated rings. The van der Waals surface area contributed by atoms with Crippen molar-refractivity contribution in [2.45, 2.75) is 6.61 Å². The van der Waals surface area contributed by atoms with Crippen LogP contribution in [-0.4, -0.2) is 27.8 Å². The Morgan fingerprint density at radius 2 is 1.77 bits per heavy atom. The third-order valence-corrected chi connectivity index (χ3v) is 5.54. The molecule has 2 amide bonds. The molecule has 35 heavy (non-hydrogen) atoms. The lowest BCUT2D eigenvalue weighted by Gasteiger charge is -2.15. The molecule has 0 atom stereocenters. The number of hydrogen-bond donors (Lipinski definition) is 2. The summed E-state index contributed by atoms with van der Waals surface area (Å²) in [7, 11) is 0. The number of ether oxygens (including phenoxy) is 1. The standard InChI is InChI=1S/C23H14BrN3O7S/c24-13-3-7-16(17(9-13)22(30)33-11-12-1-4-14(5-2-12)27(31)32)19-8-6-15(34-19)10-18-20(28)25-23(35)26-21(18)29/h1-10H,11H2,(H2,25,26,28,29,35). The molecule has 12 heteroatoms. The number of carbonyl (C=O) groups is 3. The second-order valence-electron chi connectivity index (χ2n) is 7.19. The molecular formula is C23H14BrN3O7S. The van der Waals surface area contributed by atoms with E-state index in [9.17, 15) is 24.5 Å². The third-order valence-electron chi connectivity index (χ3n) is 4.84. The summed E-state index contributed by atoms with van der Waals surface area (Å²) in [6, 6.07) is 13.7. The maximum Gasteiger partial charge on any atom is 0.339 e. The zero-order valence-corrected chi connectivity index (χ0v) is 20.0. The first kappa shape index (κ1) is 24.0. The molecule has 0 bridgehead atoms. The number of amides is 2. The molecule has 1 aliphatic rings. The maximum absolute atomic E-state index is 12.9. The van der Waals surface area contributed by atoms with Crippen LogP contribution in [0.3, 0.4) is 0 Å². The van der Waals surface area contributed by atoms with Crippen molar-refractivity contribution < 1.29 is 28.5 Å². The van der Waals surface area contributed by atoms with Crippen LogP contribution in [0.1, 0.15) is 21.7 Å². The lowest BCUT2D eigenvalue weighted by molar-refractivity contribution is -0.384. The van der Waals surface area contributed by atoms with Crippen LogP contribution >= 0.6 is 28.1 Å². The molecule has 0 spiro atoms. The third kappa shape index (κ3) is 5.50. The van der Waals surface area contributed by atoms with Crippen LogP contribution in [0.2, 0.25) is 0 Å². The van der Waals surface area contributed by atoms with Gasteiger partial charge in [-0.3, -0.25) is 30.3 Å². The van der Waals surface area contributed by atoms with Gasteiger partial charge in [-0.15, -0.1) is 0 Å². The number of nitrogens with one attached hydrogen (secondary N) is 2. The van der Waals surface area contributed by atoms with Crippen molar-refractivity contribution in [3.8, 4) is 11.3 Å². The molecule has 0 saturated carbocycles. The number of thiocarbonyl (C=S) groups is 1. The number of nitro benzene ring substituents is 1. The fraction of sp³-hybridized carbons (Fsp3) is 0.0435. The summed E-state index contributed by atoms with van der Waals surface area (Å²) in [5.74, 6) is -1.44. The Kier molecular flexibility index (Phi) is 6.85. The highest BCUT2D eigenvalue weighted by Gasteiger charge is 2.26. The molecule has 2 heterocycles. The van der Waals surface area contributed by atoms with Crippen LogP contribution in [0.4, 0.5) is 5.69 Å². The smallest absolute Gasteiger partial charge is 0.339 e. The molecular weight excluding hydrogens is 542 g/mol. The van der Waals surface area contributed by atoms with Gasteiger partial charge in [0.25, 0.3) is 17.5 Å². The summed E-state index contributed by atoms with van der Waals surface area (Å²) in [4.78, 5) is 47.2. The predicted molar refractivity (Wildman–Crippen MR) is 131 cm³/mol. The van der Waals surface area contributed by atoms with Crippen molar-refractivity contribution in [3.63, 3.8) is 0 Å². The monoisotopic (exact) mass is 555 g/mol. The zero-order valence-electron chi connectivity index (χ0n) is 17.6. The van der Waals surface area contributed by atoms with Crippen LogP contribution in [0.5, 0.6) is 0 Å². The van der Waals surface area contributed by atoms with Gasteiger partial charge in [-0.1, -0.05) is 15.9 Å². The number of nitro groups is 1. The molecule has 10 nitrogen and oxygen atoms in total. The average molecular weight is 556 g/mol. The summed E-state index contributed by atoms with van der Waals surface area (Å²) in [5.41, 5.74) is 0.955. The average Bonchev–Trinajstić information content (AvgIpc) is 3.28. The van der Waals surface area contributed by atoms with Crippen LogP contribution in [0, 0.1) is 10.1 Å². The lowest BCUT2D eigenvalue weighted by atomic mass is 10.1. The van der Waals surface area contributed by atoms with E-state index < -0.39 is 22.7 Å². The van der Waals surface area contributed by atoms with Crippen LogP contribution < -0.4 is 10.6 Å². The number of benzene rings is 2. The van der Waals surface area contributed by atoms with Crippen molar-refractivity contribution >= 4 is 62.8 Å². The Labute approximate surface area is 211 Å². The Morgan fingerprint density at radius 1 is 1.09 bits per heavy atom. The fourth-order valence-corrected chi connectivity index (χ4v) is 3.71. The molecule has 3 aromatic rings. The first-order valence-electron chi connectivity index (χ1n) is 9.90. The Balaban J connectivity index is 1.55. The van der Waals surface area contributed by atoms with E-state index in [1.165, 1.54) is 30.3 Å². The number of esters is 1. The normalized spacial score (nSPS) is 13.2. The van der Waals surface area contributed by atoms with E-state index in [1.54, 1.807) is 30.3 Å². The van der Waals surface area contributed by atoms with E-state index in [0.717, 1.165) is 0 Å². The van der Waals surface area contributed by atoms with Crippen molar-refractivity contribution in [2.75, 3.05) is 0 Å². The molecule has 176 valence electrons. The van der Waals surface area contributed by atoms with E-state index in [0.29, 0.717) is 21.4 Å². The number of furan rings is 1. The summed E-state index contributed by atoms with van der Waals surface area (Å²) in [5, 5.41) is 15.4. The highest BCUT2D eigenvalue weighted by atomic mass is 79.9. The van der Waals surface area contributed by atoms with Gasteiger partial charge in [-0.25, -0.2) is 4.79 Å². The predicted octanol–water partition coefficient (Wildman–Crippen LogP) is 3.89. The van der Waals surface area contributed by atoms with Gasteiger partial charge in [0.15, 0.2) is 5.11 Å². The highest BCUT2D eigenvalue weighted by molar-refractivity contribution is 9.10. The summed E-state index contributed by atoms with van der Waals surface area (Å²) >= 11 is 8.11. The molecule has 1 aromatic heterocycles. The van der Waals surface area contributed by atoms with E-state index in [2.05, 4.69) is 26.6 Å².